The van der Waals surface area contributed by atoms with E-state index >= 15 is 0 Å². The maximum Gasteiger partial charge on any atom is 0.335 e. The van der Waals surface area contributed by atoms with E-state index in [0.717, 1.165) is 27.1 Å². The second-order valence-corrected chi connectivity index (χ2v) is 4.99. The lowest BCUT2D eigenvalue weighted by molar-refractivity contribution is 0.0696. The number of nitrogens with zero attached hydrogens (tertiary/aromatic N) is 2. The molecule has 0 spiro atoms. The first-order valence-electron chi connectivity index (χ1n) is 5.48. The highest BCUT2D eigenvalue weighted by Gasteiger charge is 2.12. The van der Waals surface area contributed by atoms with Crippen LogP contribution in [0.5, 0.6) is 0 Å². The van der Waals surface area contributed by atoms with E-state index in [1.54, 1.807) is 23.7 Å². The van der Waals surface area contributed by atoms with E-state index in [4.69, 9.17) is 5.11 Å². The Bertz CT molecular complexity index is 632. The molecule has 94 valence electrons. The molecular weight excluding hydrogens is 296 g/mol. The SMILES string of the molecule is Cc1cc(-n2nc(C)c(Br)c2C)ccc1C(=O)O. The summed E-state index contributed by atoms with van der Waals surface area (Å²) in [4.78, 5) is 11.0. The number of hydrogen-bond donors (Lipinski definition) is 1. The lowest BCUT2D eigenvalue weighted by Gasteiger charge is -2.07. The van der Waals surface area contributed by atoms with Gasteiger partial charge in [-0.05, 0) is 60.5 Å². The molecule has 1 aromatic heterocycles. The van der Waals surface area contributed by atoms with E-state index in [1.165, 1.54) is 0 Å². The lowest BCUT2D eigenvalue weighted by atomic mass is 10.1. The Morgan fingerprint density at radius 3 is 2.44 bits per heavy atom. The number of aromatic carboxylic acids is 1. The summed E-state index contributed by atoms with van der Waals surface area (Å²) in [6.45, 7) is 5.67. The molecule has 2 aromatic rings. The molecule has 1 N–H and O–H groups in total. The Kier molecular flexibility index (Phi) is 3.26. The van der Waals surface area contributed by atoms with Gasteiger partial charge in [0, 0.05) is 0 Å². The van der Waals surface area contributed by atoms with Gasteiger partial charge < -0.3 is 5.11 Å². The predicted molar refractivity (Wildman–Crippen MR) is 72.4 cm³/mol. The Morgan fingerprint density at radius 1 is 1.33 bits per heavy atom. The van der Waals surface area contributed by atoms with Crippen molar-refractivity contribution in [1.29, 1.82) is 0 Å². The Balaban J connectivity index is 2.55. The summed E-state index contributed by atoms with van der Waals surface area (Å²) in [5.74, 6) is -0.909. The van der Waals surface area contributed by atoms with Gasteiger partial charge in [0.2, 0.25) is 0 Å². The van der Waals surface area contributed by atoms with E-state index in [1.807, 2.05) is 19.9 Å². The smallest absolute Gasteiger partial charge is 0.335 e. The van der Waals surface area contributed by atoms with Gasteiger partial charge in [0.15, 0.2) is 0 Å². The van der Waals surface area contributed by atoms with E-state index in [0.29, 0.717) is 5.56 Å². The van der Waals surface area contributed by atoms with Crippen LogP contribution in [0.4, 0.5) is 0 Å². The van der Waals surface area contributed by atoms with Crippen LogP contribution >= 0.6 is 15.9 Å². The van der Waals surface area contributed by atoms with Gasteiger partial charge in [-0.15, -0.1) is 0 Å². The molecule has 1 heterocycles. The molecule has 0 fully saturated rings. The molecule has 0 saturated carbocycles. The van der Waals surface area contributed by atoms with Crippen molar-refractivity contribution in [2.24, 2.45) is 0 Å². The lowest BCUT2D eigenvalue weighted by Crippen LogP contribution is -2.04. The van der Waals surface area contributed by atoms with Gasteiger partial charge in [-0.2, -0.15) is 5.10 Å². The number of carboxylic acids is 1. The number of carbonyl (C=O) groups is 1. The van der Waals surface area contributed by atoms with Gasteiger partial charge >= 0.3 is 5.97 Å². The average molecular weight is 309 g/mol. The largest absolute Gasteiger partial charge is 0.478 e. The van der Waals surface area contributed by atoms with Crippen molar-refractivity contribution in [3.05, 3.63) is 45.2 Å². The molecule has 0 aliphatic rings. The maximum absolute atomic E-state index is 11.0. The van der Waals surface area contributed by atoms with Gasteiger partial charge in [0.05, 0.1) is 27.1 Å². The first kappa shape index (κ1) is 12.8. The Hall–Kier alpha value is -1.62. The van der Waals surface area contributed by atoms with Crippen molar-refractivity contribution in [1.82, 2.24) is 9.78 Å². The predicted octanol–water partition coefficient (Wildman–Crippen LogP) is 3.26. The summed E-state index contributed by atoms with van der Waals surface area (Å²) in [7, 11) is 0. The molecule has 0 bridgehead atoms. The van der Waals surface area contributed by atoms with Gasteiger partial charge in [-0.1, -0.05) is 0 Å². The van der Waals surface area contributed by atoms with Crippen LogP contribution in [0.3, 0.4) is 0 Å². The fraction of sp³-hybridized carbons (Fsp3) is 0.231. The van der Waals surface area contributed by atoms with Crippen LogP contribution in [0.2, 0.25) is 0 Å². The number of carboxylic acid groups (broad SMARTS) is 1. The standard InChI is InChI=1S/C13H13BrN2O2/c1-7-6-10(4-5-11(7)13(17)18)16-9(3)12(14)8(2)15-16/h4-6H,1-3H3,(H,17,18). The first-order chi connectivity index (χ1) is 8.41. The minimum Gasteiger partial charge on any atom is -0.478 e. The quantitative estimate of drug-likeness (QED) is 0.926. The molecule has 2 rings (SSSR count). The van der Waals surface area contributed by atoms with Gasteiger partial charge in [0.25, 0.3) is 0 Å². The normalized spacial score (nSPS) is 10.7. The van der Waals surface area contributed by atoms with Crippen molar-refractivity contribution >= 4 is 21.9 Å². The van der Waals surface area contributed by atoms with Crippen molar-refractivity contribution in [3.8, 4) is 5.69 Å². The number of hydrogen-bond acceptors (Lipinski definition) is 2. The number of benzene rings is 1. The summed E-state index contributed by atoms with van der Waals surface area (Å²) >= 11 is 3.48. The highest BCUT2D eigenvalue weighted by Crippen LogP contribution is 2.24. The second-order valence-electron chi connectivity index (χ2n) is 4.20. The van der Waals surface area contributed by atoms with E-state index in [-0.39, 0.29) is 0 Å². The zero-order valence-electron chi connectivity index (χ0n) is 10.4. The van der Waals surface area contributed by atoms with E-state index < -0.39 is 5.97 Å². The average Bonchev–Trinajstić information content (AvgIpc) is 2.56. The van der Waals surface area contributed by atoms with E-state index in [9.17, 15) is 4.79 Å². The topological polar surface area (TPSA) is 55.1 Å². The minimum atomic E-state index is -0.909. The highest BCUT2D eigenvalue weighted by atomic mass is 79.9. The van der Waals surface area contributed by atoms with Gasteiger partial charge in [-0.25, -0.2) is 9.48 Å². The number of halogens is 1. The van der Waals surface area contributed by atoms with Crippen LogP contribution in [0.15, 0.2) is 22.7 Å². The fourth-order valence-electron chi connectivity index (χ4n) is 1.89. The van der Waals surface area contributed by atoms with Gasteiger partial charge in [-0.3, -0.25) is 0 Å². The minimum absolute atomic E-state index is 0.319. The van der Waals surface area contributed by atoms with Crippen molar-refractivity contribution in [2.45, 2.75) is 20.8 Å². The van der Waals surface area contributed by atoms with Crippen LogP contribution in [-0.2, 0) is 0 Å². The molecule has 0 atom stereocenters. The van der Waals surface area contributed by atoms with Crippen LogP contribution in [-0.4, -0.2) is 20.9 Å². The summed E-state index contributed by atoms with van der Waals surface area (Å²) < 4.78 is 2.78. The molecule has 4 nitrogen and oxygen atoms in total. The zero-order valence-corrected chi connectivity index (χ0v) is 11.9. The molecule has 0 aliphatic heterocycles. The third kappa shape index (κ3) is 2.06. The third-order valence-corrected chi connectivity index (χ3v) is 4.04. The monoisotopic (exact) mass is 308 g/mol. The van der Waals surface area contributed by atoms with Crippen molar-refractivity contribution < 1.29 is 9.90 Å². The molecule has 0 aliphatic carbocycles. The number of rotatable bonds is 2. The molecule has 18 heavy (non-hydrogen) atoms. The molecule has 0 saturated heterocycles. The first-order valence-corrected chi connectivity index (χ1v) is 6.27. The van der Waals surface area contributed by atoms with E-state index in [2.05, 4.69) is 21.0 Å². The number of aromatic nitrogens is 2. The van der Waals surface area contributed by atoms with Crippen LogP contribution < -0.4 is 0 Å². The molecule has 0 amide bonds. The summed E-state index contributed by atoms with van der Waals surface area (Å²) in [5.41, 5.74) is 3.81. The zero-order chi connectivity index (χ0) is 13.4. The Morgan fingerprint density at radius 2 is 2.00 bits per heavy atom. The molecular formula is C13H13BrN2O2. The fourth-order valence-corrected chi connectivity index (χ4v) is 2.14. The third-order valence-electron chi connectivity index (χ3n) is 2.89. The maximum atomic E-state index is 11.0. The molecule has 1 aromatic carbocycles. The molecule has 0 radical (unpaired) electrons. The van der Waals surface area contributed by atoms with Crippen LogP contribution in [0, 0.1) is 20.8 Å². The second kappa shape index (κ2) is 4.57. The molecule has 0 unspecified atom stereocenters. The highest BCUT2D eigenvalue weighted by molar-refractivity contribution is 9.10. The van der Waals surface area contributed by atoms with Crippen molar-refractivity contribution in [3.63, 3.8) is 0 Å². The number of aryl methyl sites for hydroxylation is 2. The van der Waals surface area contributed by atoms with Crippen LogP contribution in [0.1, 0.15) is 27.3 Å². The molecule has 5 heteroatoms. The summed E-state index contributed by atoms with van der Waals surface area (Å²) in [6, 6.07) is 5.20. The Labute approximate surface area is 113 Å². The van der Waals surface area contributed by atoms with Crippen LogP contribution in [0.25, 0.3) is 5.69 Å². The summed E-state index contributed by atoms with van der Waals surface area (Å²) in [5, 5.41) is 13.4. The van der Waals surface area contributed by atoms with Crippen molar-refractivity contribution in [2.75, 3.05) is 0 Å². The van der Waals surface area contributed by atoms with Gasteiger partial charge in [0.1, 0.15) is 0 Å². The summed E-state index contributed by atoms with van der Waals surface area (Å²) in [6.07, 6.45) is 0.